The van der Waals surface area contributed by atoms with E-state index in [0.29, 0.717) is 19.0 Å². The molecule has 5 heteroatoms. The van der Waals surface area contributed by atoms with Gasteiger partial charge in [0.05, 0.1) is 19.8 Å². The highest BCUT2D eigenvalue weighted by Gasteiger charge is 2.18. The fourth-order valence-electron chi connectivity index (χ4n) is 2.26. The van der Waals surface area contributed by atoms with Gasteiger partial charge in [0, 0.05) is 24.7 Å². The number of rotatable bonds is 7. The molecule has 1 heterocycles. The van der Waals surface area contributed by atoms with Crippen molar-refractivity contribution in [3.05, 3.63) is 23.8 Å². The van der Waals surface area contributed by atoms with Gasteiger partial charge in [-0.15, -0.1) is 0 Å². The Morgan fingerprint density at radius 3 is 2.95 bits per heavy atom. The quantitative estimate of drug-likeness (QED) is 0.829. The molecule has 1 saturated heterocycles. The van der Waals surface area contributed by atoms with Crippen molar-refractivity contribution in [1.82, 2.24) is 4.90 Å². The number of hydrogen-bond acceptors (Lipinski definition) is 5. The summed E-state index contributed by atoms with van der Waals surface area (Å²) in [5.41, 5.74) is 0.767. The van der Waals surface area contributed by atoms with Gasteiger partial charge in [-0.1, -0.05) is 6.92 Å². The van der Waals surface area contributed by atoms with Crippen LogP contribution in [0.15, 0.2) is 18.2 Å². The van der Waals surface area contributed by atoms with E-state index in [0.717, 1.165) is 37.4 Å². The second kappa shape index (κ2) is 8.22. The third-order valence-corrected chi connectivity index (χ3v) is 3.45. The Kier molecular flexibility index (Phi) is 6.29. The van der Waals surface area contributed by atoms with Gasteiger partial charge < -0.3 is 24.2 Å². The van der Waals surface area contributed by atoms with Gasteiger partial charge in [-0.3, -0.25) is 0 Å². The average molecular weight is 295 g/mol. The molecule has 2 rings (SSSR count). The highest BCUT2D eigenvalue weighted by molar-refractivity contribution is 5.40. The van der Waals surface area contributed by atoms with Gasteiger partial charge >= 0.3 is 0 Å². The first-order chi connectivity index (χ1) is 10.2. The maximum Gasteiger partial charge on any atom is 0.128 e. The lowest BCUT2D eigenvalue weighted by atomic mass is 10.2. The van der Waals surface area contributed by atoms with E-state index in [1.165, 1.54) is 0 Å². The minimum absolute atomic E-state index is 0.0468. The smallest absolute Gasteiger partial charge is 0.128 e. The van der Waals surface area contributed by atoms with Crippen molar-refractivity contribution in [2.75, 3.05) is 40.0 Å². The Balaban J connectivity index is 1.96. The zero-order valence-electron chi connectivity index (χ0n) is 12.9. The second-order valence-electron chi connectivity index (χ2n) is 5.34. The Morgan fingerprint density at radius 2 is 2.24 bits per heavy atom. The van der Waals surface area contributed by atoms with Crippen LogP contribution in [-0.4, -0.2) is 56.1 Å². The molecule has 0 saturated carbocycles. The van der Waals surface area contributed by atoms with Crippen molar-refractivity contribution in [2.45, 2.75) is 26.1 Å². The number of likely N-dealkylation sites (N-methyl/N-ethyl adjacent to an activating group) is 1. The molecular weight excluding hydrogens is 270 g/mol. The lowest BCUT2D eigenvalue weighted by molar-refractivity contribution is -0.0406. The molecule has 1 unspecified atom stereocenters. The van der Waals surface area contributed by atoms with Crippen molar-refractivity contribution in [3.63, 3.8) is 0 Å². The van der Waals surface area contributed by atoms with Crippen LogP contribution in [0.3, 0.4) is 0 Å². The van der Waals surface area contributed by atoms with Crippen LogP contribution in [0.5, 0.6) is 11.5 Å². The van der Waals surface area contributed by atoms with Crippen LogP contribution in [0.25, 0.3) is 0 Å². The van der Waals surface area contributed by atoms with E-state index >= 15 is 0 Å². The second-order valence-corrected chi connectivity index (χ2v) is 5.34. The lowest BCUT2D eigenvalue weighted by Gasteiger charge is -2.30. The summed E-state index contributed by atoms with van der Waals surface area (Å²) in [5, 5.41) is 9.40. The molecule has 0 spiro atoms. The maximum atomic E-state index is 9.40. The van der Waals surface area contributed by atoms with Crippen LogP contribution >= 0.6 is 0 Å². The highest BCUT2D eigenvalue weighted by atomic mass is 16.5. The summed E-state index contributed by atoms with van der Waals surface area (Å²) in [6.45, 7) is 5.73. The van der Waals surface area contributed by atoms with Gasteiger partial charge in [0.25, 0.3) is 0 Å². The lowest BCUT2D eigenvalue weighted by Crippen LogP contribution is -2.42. The molecule has 0 bridgehead atoms. The molecule has 5 nitrogen and oxygen atoms in total. The topological polar surface area (TPSA) is 51.2 Å². The largest absolute Gasteiger partial charge is 0.493 e. The van der Waals surface area contributed by atoms with Crippen molar-refractivity contribution < 1.29 is 19.3 Å². The summed E-state index contributed by atoms with van der Waals surface area (Å²) in [4.78, 5) is 2.23. The van der Waals surface area contributed by atoms with Crippen LogP contribution in [0.4, 0.5) is 0 Å². The number of nitrogens with zero attached hydrogens (tertiary/aromatic N) is 1. The maximum absolute atomic E-state index is 9.40. The molecule has 21 heavy (non-hydrogen) atoms. The van der Waals surface area contributed by atoms with Crippen molar-refractivity contribution in [1.29, 1.82) is 0 Å². The van der Waals surface area contributed by atoms with Crippen molar-refractivity contribution in [2.24, 2.45) is 0 Å². The molecule has 1 fully saturated rings. The summed E-state index contributed by atoms with van der Waals surface area (Å²) in [6, 6.07) is 5.54. The summed E-state index contributed by atoms with van der Waals surface area (Å²) in [6.07, 6.45) is 1.02. The van der Waals surface area contributed by atoms with Crippen LogP contribution in [0.2, 0.25) is 0 Å². The minimum atomic E-state index is -0.0468. The summed E-state index contributed by atoms with van der Waals surface area (Å²) in [7, 11) is 2.08. The van der Waals surface area contributed by atoms with E-state index in [1.807, 2.05) is 18.2 Å². The van der Waals surface area contributed by atoms with E-state index in [9.17, 15) is 5.11 Å². The number of aliphatic hydroxyl groups excluding tert-OH is 1. The molecule has 0 aromatic heterocycles. The van der Waals surface area contributed by atoms with Gasteiger partial charge in [0.2, 0.25) is 0 Å². The van der Waals surface area contributed by atoms with E-state index in [-0.39, 0.29) is 12.7 Å². The summed E-state index contributed by atoms with van der Waals surface area (Å²) in [5.74, 6) is 1.44. The molecule has 0 amide bonds. The first-order valence-electron chi connectivity index (χ1n) is 7.52. The number of ether oxygens (including phenoxy) is 3. The molecule has 1 atom stereocenters. The summed E-state index contributed by atoms with van der Waals surface area (Å²) < 4.78 is 17.1. The van der Waals surface area contributed by atoms with Crippen molar-refractivity contribution >= 4 is 0 Å². The first kappa shape index (κ1) is 16.1. The highest BCUT2D eigenvalue weighted by Crippen LogP contribution is 2.25. The number of hydrogen-bond donors (Lipinski definition) is 1. The van der Waals surface area contributed by atoms with Gasteiger partial charge in [-0.05, 0) is 25.6 Å². The van der Waals surface area contributed by atoms with Crippen LogP contribution in [0.1, 0.15) is 18.9 Å². The molecule has 0 radical (unpaired) electrons. The minimum Gasteiger partial charge on any atom is -0.493 e. The molecule has 0 aliphatic carbocycles. The summed E-state index contributed by atoms with van der Waals surface area (Å²) >= 11 is 0. The number of morpholine rings is 1. The third-order valence-electron chi connectivity index (χ3n) is 3.45. The Hall–Kier alpha value is -1.30. The van der Waals surface area contributed by atoms with Gasteiger partial charge in [0.1, 0.15) is 24.2 Å². The molecule has 1 aromatic rings. The molecule has 1 N–H and O–H groups in total. The Labute approximate surface area is 126 Å². The van der Waals surface area contributed by atoms with Gasteiger partial charge in [-0.2, -0.15) is 0 Å². The average Bonchev–Trinajstić information content (AvgIpc) is 2.51. The van der Waals surface area contributed by atoms with Gasteiger partial charge in [-0.25, -0.2) is 0 Å². The van der Waals surface area contributed by atoms with Gasteiger partial charge in [0.15, 0.2) is 0 Å². The standard InChI is InChI=1S/C16H25NO4/c1-3-7-19-14-5-4-13(11-18)16(9-14)21-12-15-10-17(2)6-8-20-15/h4-5,9,15,18H,3,6-8,10-12H2,1-2H3. The predicted octanol–water partition coefficient (Wildman–Crippen LogP) is 1.68. The monoisotopic (exact) mass is 295 g/mol. The SMILES string of the molecule is CCCOc1ccc(CO)c(OCC2CN(C)CCO2)c1. The molecule has 1 aliphatic rings. The molecule has 1 aliphatic heterocycles. The Bertz CT molecular complexity index is 438. The third kappa shape index (κ3) is 4.88. The van der Waals surface area contributed by atoms with Crippen LogP contribution in [0, 0.1) is 0 Å². The first-order valence-corrected chi connectivity index (χ1v) is 7.52. The zero-order chi connectivity index (χ0) is 15.1. The van der Waals surface area contributed by atoms with Crippen LogP contribution < -0.4 is 9.47 Å². The van der Waals surface area contributed by atoms with E-state index < -0.39 is 0 Å². The van der Waals surface area contributed by atoms with E-state index in [1.54, 1.807) is 0 Å². The normalized spacial score (nSPS) is 19.5. The molecule has 1 aromatic carbocycles. The number of aliphatic hydroxyl groups is 1. The molecule has 118 valence electrons. The van der Waals surface area contributed by atoms with E-state index in [4.69, 9.17) is 14.2 Å². The fraction of sp³-hybridized carbons (Fsp3) is 0.625. The molecular formula is C16H25NO4. The number of benzene rings is 1. The Morgan fingerprint density at radius 1 is 1.38 bits per heavy atom. The van der Waals surface area contributed by atoms with Crippen LogP contribution in [-0.2, 0) is 11.3 Å². The van der Waals surface area contributed by atoms with Crippen molar-refractivity contribution in [3.8, 4) is 11.5 Å². The fourth-order valence-corrected chi connectivity index (χ4v) is 2.26. The van der Waals surface area contributed by atoms with E-state index in [2.05, 4.69) is 18.9 Å². The predicted molar refractivity (Wildman–Crippen MR) is 80.9 cm³/mol. The zero-order valence-corrected chi connectivity index (χ0v) is 12.9.